The van der Waals surface area contributed by atoms with Crippen LogP contribution in [0.15, 0.2) is 24.3 Å². The van der Waals surface area contributed by atoms with E-state index in [9.17, 15) is 0 Å². The SMILES string of the molecule is COc1ccc(OCCCN2CCN(C3CCNC3)CC2)cc1. The standard InChI is InChI=1S/C18H29N3O2/c1-22-17-3-5-18(6-4-17)23-14-2-9-20-10-12-21(13-11-20)16-7-8-19-15-16/h3-6,16,19H,2,7-15H2,1H3. The molecule has 1 unspecified atom stereocenters. The average molecular weight is 319 g/mol. The second-order valence-electron chi connectivity index (χ2n) is 6.40. The van der Waals surface area contributed by atoms with Gasteiger partial charge in [0.1, 0.15) is 11.5 Å². The lowest BCUT2D eigenvalue weighted by atomic mass is 10.2. The molecule has 0 aromatic heterocycles. The maximum atomic E-state index is 5.80. The van der Waals surface area contributed by atoms with Crippen LogP contribution in [0.3, 0.4) is 0 Å². The van der Waals surface area contributed by atoms with Crippen LogP contribution in [0.25, 0.3) is 0 Å². The van der Waals surface area contributed by atoms with Crippen molar-refractivity contribution in [1.29, 1.82) is 0 Å². The minimum atomic E-state index is 0.774. The first-order valence-corrected chi connectivity index (χ1v) is 8.79. The van der Waals surface area contributed by atoms with Crippen molar-refractivity contribution < 1.29 is 9.47 Å². The fraction of sp³-hybridized carbons (Fsp3) is 0.667. The van der Waals surface area contributed by atoms with Gasteiger partial charge < -0.3 is 19.7 Å². The van der Waals surface area contributed by atoms with Crippen molar-refractivity contribution in [3.8, 4) is 11.5 Å². The van der Waals surface area contributed by atoms with Gasteiger partial charge in [0.15, 0.2) is 0 Å². The van der Waals surface area contributed by atoms with Gasteiger partial charge in [-0.15, -0.1) is 0 Å². The molecule has 2 fully saturated rings. The maximum absolute atomic E-state index is 5.80. The molecule has 0 radical (unpaired) electrons. The minimum absolute atomic E-state index is 0.774. The van der Waals surface area contributed by atoms with Crippen LogP contribution in [0.2, 0.25) is 0 Å². The lowest BCUT2D eigenvalue weighted by molar-refractivity contribution is 0.0984. The molecule has 1 N–H and O–H groups in total. The van der Waals surface area contributed by atoms with Crippen molar-refractivity contribution in [1.82, 2.24) is 15.1 Å². The molecule has 1 aromatic rings. The van der Waals surface area contributed by atoms with Crippen molar-refractivity contribution >= 4 is 0 Å². The third-order valence-electron chi connectivity index (χ3n) is 4.90. The summed E-state index contributed by atoms with van der Waals surface area (Å²) < 4.78 is 10.9. The Hall–Kier alpha value is -1.30. The molecule has 1 atom stereocenters. The number of nitrogens with one attached hydrogen (secondary N) is 1. The Balaban J connectivity index is 1.29. The highest BCUT2D eigenvalue weighted by atomic mass is 16.5. The second-order valence-corrected chi connectivity index (χ2v) is 6.40. The second kappa shape index (κ2) is 8.52. The molecule has 3 rings (SSSR count). The fourth-order valence-corrected chi connectivity index (χ4v) is 3.45. The molecule has 0 aliphatic carbocycles. The van der Waals surface area contributed by atoms with Crippen molar-refractivity contribution in [2.75, 3.05) is 59.5 Å². The van der Waals surface area contributed by atoms with Crippen LogP contribution >= 0.6 is 0 Å². The van der Waals surface area contributed by atoms with E-state index in [2.05, 4.69) is 15.1 Å². The Morgan fingerprint density at radius 2 is 1.83 bits per heavy atom. The quantitative estimate of drug-likeness (QED) is 0.770. The van der Waals surface area contributed by atoms with Crippen LogP contribution in [0.4, 0.5) is 0 Å². The summed E-state index contributed by atoms with van der Waals surface area (Å²) in [6, 6.07) is 8.58. The van der Waals surface area contributed by atoms with Gasteiger partial charge in [0.2, 0.25) is 0 Å². The number of rotatable bonds is 7. The number of hydrogen-bond acceptors (Lipinski definition) is 5. The van der Waals surface area contributed by atoms with Crippen LogP contribution < -0.4 is 14.8 Å². The number of hydrogen-bond donors (Lipinski definition) is 1. The number of methoxy groups -OCH3 is 1. The molecule has 2 aliphatic heterocycles. The summed E-state index contributed by atoms with van der Waals surface area (Å²) in [6.45, 7) is 9.09. The molecule has 23 heavy (non-hydrogen) atoms. The molecule has 128 valence electrons. The summed E-state index contributed by atoms with van der Waals surface area (Å²) in [4.78, 5) is 5.22. The predicted molar refractivity (Wildman–Crippen MR) is 92.4 cm³/mol. The largest absolute Gasteiger partial charge is 0.497 e. The molecule has 0 amide bonds. The van der Waals surface area contributed by atoms with Gasteiger partial charge in [0.05, 0.1) is 13.7 Å². The molecule has 0 saturated carbocycles. The number of piperazine rings is 1. The third-order valence-corrected chi connectivity index (χ3v) is 4.90. The summed E-state index contributed by atoms with van der Waals surface area (Å²) in [5.74, 6) is 1.79. The maximum Gasteiger partial charge on any atom is 0.119 e. The first-order chi connectivity index (χ1) is 11.3. The molecule has 2 saturated heterocycles. The Morgan fingerprint density at radius 1 is 1.09 bits per heavy atom. The highest BCUT2D eigenvalue weighted by Crippen LogP contribution is 2.17. The van der Waals surface area contributed by atoms with E-state index >= 15 is 0 Å². The zero-order valence-electron chi connectivity index (χ0n) is 14.2. The summed E-state index contributed by atoms with van der Waals surface area (Å²) in [6.07, 6.45) is 2.40. The van der Waals surface area contributed by atoms with E-state index in [1.54, 1.807) is 7.11 Å². The van der Waals surface area contributed by atoms with Crippen LogP contribution in [-0.4, -0.2) is 75.4 Å². The summed E-state index contributed by atoms with van der Waals surface area (Å²) >= 11 is 0. The first-order valence-electron chi connectivity index (χ1n) is 8.79. The van der Waals surface area contributed by atoms with Crippen LogP contribution in [0.5, 0.6) is 11.5 Å². The summed E-state index contributed by atoms with van der Waals surface area (Å²) in [7, 11) is 1.68. The highest BCUT2D eigenvalue weighted by molar-refractivity contribution is 5.31. The topological polar surface area (TPSA) is 37.0 Å². The molecule has 5 heteroatoms. The first kappa shape index (κ1) is 16.6. The van der Waals surface area contributed by atoms with Gasteiger partial charge in [0, 0.05) is 45.3 Å². The van der Waals surface area contributed by atoms with Gasteiger partial charge in [-0.05, 0) is 43.7 Å². The Labute approximate surface area is 139 Å². The zero-order valence-corrected chi connectivity index (χ0v) is 14.2. The minimum Gasteiger partial charge on any atom is -0.497 e. The Kier molecular flexibility index (Phi) is 6.13. The summed E-state index contributed by atoms with van der Waals surface area (Å²) in [5, 5.41) is 3.47. The van der Waals surface area contributed by atoms with Crippen molar-refractivity contribution in [2.45, 2.75) is 18.9 Å². The van der Waals surface area contributed by atoms with Crippen LogP contribution in [0.1, 0.15) is 12.8 Å². The van der Waals surface area contributed by atoms with Crippen LogP contribution in [0, 0.1) is 0 Å². The smallest absolute Gasteiger partial charge is 0.119 e. The number of ether oxygens (including phenoxy) is 2. The van der Waals surface area contributed by atoms with Gasteiger partial charge in [0.25, 0.3) is 0 Å². The third kappa shape index (κ3) is 4.83. The van der Waals surface area contributed by atoms with E-state index < -0.39 is 0 Å². The molecular formula is C18H29N3O2. The summed E-state index contributed by atoms with van der Waals surface area (Å²) in [5.41, 5.74) is 0. The molecule has 0 bridgehead atoms. The zero-order chi connectivity index (χ0) is 15.9. The van der Waals surface area contributed by atoms with E-state index in [1.165, 1.54) is 45.7 Å². The van der Waals surface area contributed by atoms with Gasteiger partial charge in [-0.1, -0.05) is 0 Å². The Bertz CT molecular complexity index is 452. The Morgan fingerprint density at radius 3 is 2.48 bits per heavy atom. The molecule has 2 heterocycles. The van der Waals surface area contributed by atoms with Gasteiger partial charge in [-0.2, -0.15) is 0 Å². The van der Waals surface area contributed by atoms with E-state index in [1.807, 2.05) is 24.3 Å². The van der Waals surface area contributed by atoms with Gasteiger partial charge >= 0.3 is 0 Å². The molecule has 1 aromatic carbocycles. The number of nitrogens with zero attached hydrogens (tertiary/aromatic N) is 2. The van der Waals surface area contributed by atoms with E-state index in [0.717, 1.165) is 37.1 Å². The average Bonchev–Trinajstić information content (AvgIpc) is 3.14. The normalized spacial score (nSPS) is 23.1. The highest BCUT2D eigenvalue weighted by Gasteiger charge is 2.25. The van der Waals surface area contributed by atoms with Crippen molar-refractivity contribution in [2.24, 2.45) is 0 Å². The molecule has 0 spiro atoms. The van der Waals surface area contributed by atoms with Gasteiger partial charge in [-0.25, -0.2) is 0 Å². The monoisotopic (exact) mass is 319 g/mol. The molecule has 2 aliphatic rings. The van der Waals surface area contributed by atoms with E-state index in [-0.39, 0.29) is 0 Å². The van der Waals surface area contributed by atoms with E-state index in [4.69, 9.17) is 9.47 Å². The van der Waals surface area contributed by atoms with Gasteiger partial charge in [-0.3, -0.25) is 4.90 Å². The van der Waals surface area contributed by atoms with Crippen molar-refractivity contribution in [3.63, 3.8) is 0 Å². The lowest BCUT2D eigenvalue weighted by Crippen LogP contribution is -2.51. The molecular weight excluding hydrogens is 290 g/mol. The lowest BCUT2D eigenvalue weighted by Gasteiger charge is -2.37. The fourth-order valence-electron chi connectivity index (χ4n) is 3.45. The molecule has 5 nitrogen and oxygen atoms in total. The predicted octanol–water partition coefficient (Wildman–Crippen LogP) is 1.44. The van der Waals surface area contributed by atoms with Crippen molar-refractivity contribution in [3.05, 3.63) is 24.3 Å². The van der Waals surface area contributed by atoms with E-state index in [0.29, 0.717) is 0 Å². The number of benzene rings is 1. The van der Waals surface area contributed by atoms with Crippen LogP contribution in [-0.2, 0) is 0 Å².